The molecule has 0 radical (unpaired) electrons. The Labute approximate surface area is 148 Å². The molecular weight excluding hydrogens is 375 g/mol. The number of nitrogens with one attached hydrogen (secondary N) is 1. The first-order chi connectivity index (χ1) is 10.8. The molecule has 0 bridgehead atoms. The summed E-state index contributed by atoms with van der Waals surface area (Å²) in [5.41, 5.74) is 2.13. The van der Waals surface area contributed by atoms with Gasteiger partial charge in [-0.15, -0.1) is 11.3 Å². The molecule has 23 heavy (non-hydrogen) atoms. The van der Waals surface area contributed by atoms with Gasteiger partial charge in [0.05, 0.1) is 25.9 Å². The fourth-order valence-corrected chi connectivity index (χ4v) is 4.92. The Morgan fingerprint density at radius 2 is 1.87 bits per heavy atom. The van der Waals surface area contributed by atoms with Gasteiger partial charge in [-0.2, -0.15) is 0 Å². The van der Waals surface area contributed by atoms with Crippen LogP contribution in [0.15, 0.2) is 35.2 Å². The van der Waals surface area contributed by atoms with Gasteiger partial charge in [0.1, 0.15) is 4.90 Å². The molecule has 0 aliphatic rings. The predicted octanol–water partition coefficient (Wildman–Crippen LogP) is 5.02. The van der Waals surface area contributed by atoms with Crippen LogP contribution in [0.2, 0.25) is 10.0 Å². The first-order valence-corrected chi connectivity index (χ1v) is 9.67. The number of aryl methyl sites for hydroxylation is 2. The van der Waals surface area contributed by atoms with Gasteiger partial charge in [-0.1, -0.05) is 23.2 Å². The molecule has 1 heterocycles. The van der Waals surface area contributed by atoms with E-state index in [4.69, 9.17) is 23.2 Å². The third kappa shape index (κ3) is 3.30. The summed E-state index contributed by atoms with van der Waals surface area (Å²) in [5, 5.41) is 1.35. The Hall–Kier alpha value is -1.34. The highest BCUT2D eigenvalue weighted by Crippen LogP contribution is 2.31. The molecule has 0 saturated heterocycles. The van der Waals surface area contributed by atoms with Crippen molar-refractivity contribution in [1.29, 1.82) is 0 Å². The number of sulfonamides is 1. The third-order valence-electron chi connectivity index (χ3n) is 3.27. The van der Waals surface area contributed by atoms with Crippen molar-refractivity contribution in [3.63, 3.8) is 0 Å². The summed E-state index contributed by atoms with van der Waals surface area (Å²) in [6.07, 6.45) is 0. The maximum absolute atomic E-state index is 12.6. The van der Waals surface area contributed by atoms with E-state index < -0.39 is 10.0 Å². The van der Waals surface area contributed by atoms with Gasteiger partial charge in [0.15, 0.2) is 0 Å². The van der Waals surface area contributed by atoms with Gasteiger partial charge in [0.2, 0.25) is 0 Å². The summed E-state index contributed by atoms with van der Waals surface area (Å²) in [4.78, 5) is 4.35. The Balaban J connectivity index is 2.06. The summed E-state index contributed by atoms with van der Waals surface area (Å²) in [6, 6.07) is 7.97. The van der Waals surface area contributed by atoms with Gasteiger partial charge in [-0.25, -0.2) is 13.4 Å². The van der Waals surface area contributed by atoms with Crippen LogP contribution in [-0.2, 0) is 10.0 Å². The lowest BCUT2D eigenvalue weighted by Gasteiger charge is -2.12. The van der Waals surface area contributed by atoms with Crippen LogP contribution >= 0.6 is 34.5 Å². The first kappa shape index (κ1) is 16.5. The number of anilines is 1. The minimum atomic E-state index is -3.83. The quantitative estimate of drug-likeness (QED) is 0.687. The Morgan fingerprint density at radius 3 is 2.61 bits per heavy atom. The minimum absolute atomic E-state index is 0.0494. The summed E-state index contributed by atoms with van der Waals surface area (Å²) >= 11 is 13.4. The molecule has 0 aliphatic heterocycles. The molecule has 0 aliphatic carbocycles. The van der Waals surface area contributed by atoms with E-state index in [-0.39, 0.29) is 9.92 Å². The molecule has 0 unspecified atom stereocenters. The molecule has 3 aromatic rings. The van der Waals surface area contributed by atoms with Crippen LogP contribution in [0.1, 0.15) is 10.6 Å². The number of nitrogens with zero attached hydrogens (tertiary/aromatic N) is 1. The zero-order valence-corrected chi connectivity index (χ0v) is 15.4. The zero-order chi connectivity index (χ0) is 16.8. The second kappa shape index (κ2) is 5.94. The van der Waals surface area contributed by atoms with Crippen LogP contribution in [0.4, 0.5) is 5.69 Å². The SMILES string of the molecule is Cc1nc2cc(C)c(NS(=O)(=O)c3cc(Cl)ccc3Cl)cc2s1. The van der Waals surface area contributed by atoms with Crippen molar-refractivity contribution in [3.05, 3.63) is 50.9 Å². The molecule has 1 N–H and O–H groups in total. The van der Waals surface area contributed by atoms with Gasteiger partial charge in [0, 0.05) is 5.02 Å². The predicted molar refractivity (Wildman–Crippen MR) is 96.4 cm³/mol. The van der Waals surface area contributed by atoms with Crippen LogP contribution in [0.25, 0.3) is 10.2 Å². The number of benzene rings is 2. The Morgan fingerprint density at radius 1 is 1.13 bits per heavy atom. The molecule has 120 valence electrons. The van der Waals surface area contributed by atoms with E-state index in [1.807, 2.05) is 19.9 Å². The summed E-state index contributed by atoms with van der Waals surface area (Å²) in [7, 11) is -3.83. The van der Waals surface area contributed by atoms with Crippen molar-refractivity contribution in [2.24, 2.45) is 0 Å². The molecule has 8 heteroatoms. The molecule has 0 spiro atoms. The van der Waals surface area contributed by atoms with Crippen LogP contribution < -0.4 is 4.72 Å². The lowest BCUT2D eigenvalue weighted by molar-refractivity contribution is 0.601. The third-order valence-corrected chi connectivity index (χ3v) is 6.28. The molecule has 1 aromatic heterocycles. The summed E-state index contributed by atoms with van der Waals surface area (Å²) in [5.74, 6) is 0. The van der Waals surface area contributed by atoms with Gasteiger partial charge in [-0.05, 0) is 49.7 Å². The molecule has 0 saturated carbocycles. The lowest BCUT2D eigenvalue weighted by atomic mass is 10.2. The zero-order valence-electron chi connectivity index (χ0n) is 12.2. The van der Waals surface area contributed by atoms with Crippen molar-refractivity contribution >= 4 is 60.5 Å². The number of halogens is 2. The lowest BCUT2D eigenvalue weighted by Crippen LogP contribution is -2.14. The highest BCUT2D eigenvalue weighted by Gasteiger charge is 2.20. The molecule has 0 amide bonds. The van der Waals surface area contributed by atoms with E-state index >= 15 is 0 Å². The highest BCUT2D eigenvalue weighted by atomic mass is 35.5. The van der Waals surface area contributed by atoms with E-state index in [0.717, 1.165) is 20.8 Å². The number of aromatic nitrogens is 1. The number of fused-ring (bicyclic) bond motifs is 1. The molecule has 0 fully saturated rings. The van der Waals surface area contributed by atoms with Crippen LogP contribution in [0.3, 0.4) is 0 Å². The maximum Gasteiger partial charge on any atom is 0.263 e. The smallest absolute Gasteiger partial charge is 0.263 e. The minimum Gasteiger partial charge on any atom is -0.279 e. The van der Waals surface area contributed by atoms with Crippen LogP contribution in [0, 0.1) is 13.8 Å². The standard InChI is InChI=1S/C15H12Cl2N2O2S2/c1-8-5-13-14(22-9(2)18-13)7-12(8)19-23(20,21)15-6-10(16)3-4-11(15)17/h3-7,19H,1-2H3. The monoisotopic (exact) mass is 386 g/mol. The van der Waals surface area contributed by atoms with Crippen LogP contribution in [0.5, 0.6) is 0 Å². The Bertz CT molecular complexity index is 1010. The van der Waals surface area contributed by atoms with E-state index in [1.54, 1.807) is 12.1 Å². The van der Waals surface area contributed by atoms with E-state index in [9.17, 15) is 8.42 Å². The van der Waals surface area contributed by atoms with Gasteiger partial charge < -0.3 is 0 Å². The van der Waals surface area contributed by atoms with Crippen LogP contribution in [-0.4, -0.2) is 13.4 Å². The number of hydrogen-bond donors (Lipinski definition) is 1. The molecular formula is C15H12Cl2N2O2S2. The normalized spacial score (nSPS) is 11.8. The van der Waals surface area contributed by atoms with Gasteiger partial charge >= 0.3 is 0 Å². The number of thiazole rings is 1. The average Bonchev–Trinajstić information content (AvgIpc) is 2.80. The van der Waals surface area contributed by atoms with Crippen molar-refractivity contribution < 1.29 is 8.42 Å². The van der Waals surface area contributed by atoms with Gasteiger partial charge in [-0.3, -0.25) is 4.72 Å². The van der Waals surface area contributed by atoms with E-state index in [1.165, 1.54) is 23.5 Å². The van der Waals surface area contributed by atoms with Gasteiger partial charge in [0.25, 0.3) is 10.0 Å². The fraction of sp³-hybridized carbons (Fsp3) is 0.133. The van der Waals surface area contributed by atoms with Crippen molar-refractivity contribution in [1.82, 2.24) is 4.98 Å². The highest BCUT2D eigenvalue weighted by molar-refractivity contribution is 7.92. The average molecular weight is 387 g/mol. The summed E-state index contributed by atoms with van der Waals surface area (Å²) in [6.45, 7) is 3.74. The second-order valence-corrected chi connectivity index (χ2v) is 8.78. The summed E-state index contributed by atoms with van der Waals surface area (Å²) < 4.78 is 28.7. The van der Waals surface area contributed by atoms with Crippen molar-refractivity contribution in [3.8, 4) is 0 Å². The first-order valence-electron chi connectivity index (χ1n) is 6.62. The largest absolute Gasteiger partial charge is 0.279 e. The molecule has 0 atom stereocenters. The molecule has 3 rings (SSSR count). The van der Waals surface area contributed by atoms with E-state index in [0.29, 0.717) is 10.7 Å². The van der Waals surface area contributed by atoms with E-state index in [2.05, 4.69) is 9.71 Å². The van der Waals surface area contributed by atoms with Crippen molar-refractivity contribution in [2.45, 2.75) is 18.7 Å². The Kier molecular flexibility index (Phi) is 4.27. The fourth-order valence-electron chi connectivity index (χ4n) is 2.19. The second-order valence-electron chi connectivity index (χ2n) is 5.05. The number of hydrogen-bond acceptors (Lipinski definition) is 4. The number of rotatable bonds is 3. The van der Waals surface area contributed by atoms with Crippen molar-refractivity contribution in [2.75, 3.05) is 4.72 Å². The topological polar surface area (TPSA) is 59.1 Å². The molecule has 2 aromatic carbocycles. The maximum atomic E-state index is 12.6. The molecule has 4 nitrogen and oxygen atoms in total.